The largest absolute Gasteiger partial charge is 0.380 e. The lowest BCUT2D eigenvalue weighted by molar-refractivity contribution is -0.0946. The van der Waals surface area contributed by atoms with E-state index in [1.165, 1.54) is 11.1 Å². The first-order valence-electron chi connectivity index (χ1n) is 9.47. The van der Waals surface area contributed by atoms with Gasteiger partial charge in [0.1, 0.15) is 0 Å². The van der Waals surface area contributed by atoms with Gasteiger partial charge < -0.3 is 15.0 Å². The first kappa shape index (κ1) is 18.2. The molecule has 25 heavy (non-hydrogen) atoms. The van der Waals surface area contributed by atoms with Crippen LogP contribution in [0.3, 0.4) is 0 Å². The molecule has 2 aliphatic rings. The number of aryl methyl sites for hydroxylation is 1. The van der Waals surface area contributed by atoms with Crippen LogP contribution in [0.1, 0.15) is 25.0 Å². The highest BCUT2D eigenvalue weighted by molar-refractivity contribution is 5.80. The maximum atomic E-state index is 5.34. The molecule has 1 N–H and O–H groups in total. The Kier molecular flexibility index (Phi) is 5.97. The van der Waals surface area contributed by atoms with E-state index in [0.717, 1.165) is 65.0 Å². The van der Waals surface area contributed by atoms with Gasteiger partial charge in [-0.3, -0.25) is 9.89 Å². The number of piperazine rings is 1. The van der Waals surface area contributed by atoms with Crippen molar-refractivity contribution in [3.05, 3.63) is 35.4 Å². The van der Waals surface area contributed by atoms with Crippen LogP contribution in [0, 0.1) is 12.3 Å². The summed E-state index contributed by atoms with van der Waals surface area (Å²) < 4.78 is 5.34. The molecule has 0 bridgehead atoms. The van der Waals surface area contributed by atoms with E-state index in [-0.39, 0.29) is 5.41 Å². The van der Waals surface area contributed by atoms with Gasteiger partial charge in [-0.05, 0) is 19.4 Å². The van der Waals surface area contributed by atoms with Crippen LogP contribution < -0.4 is 5.32 Å². The first-order chi connectivity index (χ1) is 12.1. The van der Waals surface area contributed by atoms with Crippen LogP contribution in [0.4, 0.5) is 0 Å². The zero-order chi connectivity index (χ0) is 17.7. The van der Waals surface area contributed by atoms with Gasteiger partial charge in [0.25, 0.3) is 0 Å². The lowest BCUT2D eigenvalue weighted by atomic mass is 9.89. The first-order valence-corrected chi connectivity index (χ1v) is 9.47. The van der Waals surface area contributed by atoms with E-state index in [2.05, 4.69) is 60.2 Å². The number of nitrogens with one attached hydrogen (secondary N) is 1. The molecular weight excluding hydrogens is 312 g/mol. The molecule has 1 aromatic rings. The average Bonchev–Trinajstić information content (AvgIpc) is 2.58. The maximum Gasteiger partial charge on any atom is 0.194 e. The Labute approximate surface area is 152 Å². The number of aliphatic imine (C=N–C) groups is 1. The summed E-state index contributed by atoms with van der Waals surface area (Å²) in [5.74, 6) is 1.06. The van der Waals surface area contributed by atoms with Crippen molar-refractivity contribution >= 4 is 5.96 Å². The molecule has 3 rings (SSSR count). The van der Waals surface area contributed by atoms with Crippen LogP contribution in [0.5, 0.6) is 0 Å². The molecule has 2 aliphatic heterocycles. The van der Waals surface area contributed by atoms with Crippen molar-refractivity contribution in [3.8, 4) is 0 Å². The number of ether oxygens (including phenoxy) is 1. The summed E-state index contributed by atoms with van der Waals surface area (Å²) in [7, 11) is 0. The number of hydrogen-bond acceptors (Lipinski definition) is 3. The van der Waals surface area contributed by atoms with Crippen LogP contribution in [-0.2, 0) is 11.3 Å². The molecule has 2 heterocycles. The highest BCUT2D eigenvalue weighted by atomic mass is 16.5. The van der Waals surface area contributed by atoms with E-state index < -0.39 is 0 Å². The Hall–Kier alpha value is -1.59. The van der Waals surface area contributed by atoms with Gasteiger partial charge in [0.15, 0.2) is 5.96 Å². The van der Waals surface area contributed by atoms with Crippen molar-refractivity contribution in [1.29, 1.82) is 0 Å². The summed E-state index contributed by atoms with van der Waals surface area (Å²) in [6.07, 6.45) is 0. The Morgan fingerprint density at radius 1 is 1.24 bits per heavy atom. The number of hydrogen-bond donors (Lipinski definition) is 1. The summed E-state index contributed by atoms with van der Waals surface area (Å²) in [5, 5.41) is 3.46. The number of nitrogens with zero attached hydrogens (tertiary/aromatic N) is 3. The summed E-state index contributed by atoms with van der Waals surface area (Å²) in [4.78, 5) is 9.82. The van der Waals surface area contributed by atoms with E-state index in [1.54, 1.807) is 0 Å². The molecule has 0 aromatic heterocycles. The molecule has 2 fully saturated rings. The van der Waals surface area contributed by atoms with Crippen molar-refractivity contribution < 1.29 is 4.74 Å². The zero-order valence-electron chi connectivity index (χ0n) is 15.9. The number of guanidine groups is 1. The molecule has 0 unspecified atom stereocenters. The molecule has 0 spiro atoms. The van der Waals surface area contributed by atoms with Crippen LogP contribution in [0.2, 0.25) is 0 Å². The van der Waals surface area contributed by atoms with Gasteiger partial charge in [0.2, 0.25) is 0 Å². The average molecular weight is 345 g/mol. The van der Waals surface area contributed by atoms with Crippen LogP contribution in [-0.4, -0.2) is 68.2 Å². The fraction of sp³-hybridized carbons (Fsp3) is 0.650. The highest BCUT2D eigenvalue weighted by Crippen LogP contribution is 2.26. The molecular formula is C20H32N4O. The molecule has 2 saturated heterocycles. The summed E-state index contributed by atoms with van der Waals surface area (Å²) >= 11 is 0. The van der Waals surface area contributed by atoms with Crippen LogP contribution >= 0.6 is 0 Å². The second kappa shape index (κ2) is 8.19. The molecule has 5 heteroatoms. The van der Waals surface area contributed by atoms with Crippen molar-refractivity contribution in [1.82, 2.24) is 15.1 Å². The molecule has 0 radical (unpaired) electrons. The van der Waals surface area contributed by atoms with E-state index in [4.69, 9.17) is 9.73 Å². The van der Waals surface area contributed by atoms with Crippen molar-refractivity contribution in [2.75, 3.05) is 52.5 Å². The van der Waals surface area contributed by atoms with E-state index >= 15 is 0 Å². The summed E-state index contributed by atoms with van der Waals surface area (Å²) in [5.41, 5.74) is 2.98. The molecule has 5 nitrogen and oxygen atoms in total. The minimum atomic E-state index is 0.230. The zero-order valence-corrected chi connectivity index (χ0v) is 15.9. The van der Waals surface area contributed by atoms with Gasteiger partial charge >= 0.3 is 0 Å². The minimum Gasteiger partial charge on any atom is -0.380 e. The number of rotatable bonds is 5. The van der Waals surface area contributed by atoms with Gasteiger partial charge in [-0.1, -0.05) is 36.8 Å². The second-order valence-corrected chi connectivity index (χ2v) is 7.73. The van der Waals surface area contributed by atoms with E-state index in [0.29, 0.717) is 0 Å². The standard InChI is InChI=1S/C20H32N4O/c1-4-21-19(22-14-20(3)15-25-16-20)24-10-8-23(9-11-24)13-18-7-5-6-17(2)12-18/h5-7,12H,4,8-11,13-16H2,1-3H3,(H,21,22). The maximum absolute atomic E-state index is 5.34. The van der Waals surface area contributed by atoms with E-state index in [1.807, 2.05) is 0 Å². The molecule has 0 saturated carbocycles. The van der Waals surface area contributed by atoms with Gasteiger partial charge in [0, 0.05) is 44.7 Å². The molecule has 0 atom stereocenters. The fourth-order valence-corrected chi connectivity index (χ4v) is 3.42. The third-order valence-electron chi connectivity index (χ3n) is 5.01. The lowest BCUT2D eigenvalue weighted by Crippen LogP contribution is -2.52. The Morgan fingerprint density at radius 2 is 2.00 bits per heavy atom. The van der Waals surface area contributed by atoms with Crippen molar-refractivity contribution in [3.63, 3.8) is 0 Å². The summed E-state index contributed by atoms with van der Waals surface area (Å²) in [6.45, 7) is 15.2. The van der Waals surface area contributed by atoms with Gasteiger partial charge in [-0.15, -0.1) is 0 Å². The van der Waals surface area contributed by atoms with E-state index in [9.17, 15) is 0 Å². The van der Waals surface area contributed by atoms with Crippen molar-refractivity contribution in [2.45, 2.75) is 27.3 Å². The van der Waals surface area contributed by atoms with Gasteiger partial charge in [-0.2, -0.15) is 0 Å². The third-order valence-corrected chi connectivity index (χ3v) is 5.01. The lowest BCUT2D eigenvalue weighted by Gasteiger charge is -2.39. The molecule has 138 valence electrons. The van der Waals surface area contributed by atoms with Gasteiger partial charge in [0.05, 0.1) is 19.8 Å². The smallest absolute Gasteiger partial charge is 0.194 e. The van der Waals surface area contributed by atoms with Crippen LogP contribution in [0.15, 0.2) is 29.3 Å². The highest BCUT2D eigenvalue weighted by Gasteiger charge is 2.33. The fourth-order valence-electron chi connectivity index (χ4n) is 3.42. The van der Waals surface area contributed by atoms with Crippen molar-refractivity contribution in [2.24, 2.45) is 10.4 Å². The second-order valence-electron chi connectivity index (χ2n) is 7.73. The number of benzene rings is 1. The topological polar surface area (TPSA) is 40.1 Å². The minimum absolute atomic E-state index is 0.230. The predicted octanol–water partition coefficient (Wildman–Crippen LogP) is 2.11. The Bertz CT molecular complexity index is 589. The molecule has 0 aliphatic carbocycles. The SMILES string of the molecule is CCNC(=NCC1(C)COC1)N1CCN(Cc2cccc(C)c2)CC1. The van der Waals surface area contributed by atoms with Gasteiger partial charge in [-0.25, -0.2) is 0 Å². The third kappa shape index (κ3) is 4.95. The molecule has 1 aromatic carbocycles. The Morgan fingerprint density at radius 3 is 2.60 bits per heavy atom. The monoisotopic (exact) mass is 344 g/mol. The normalized spacial score (nSPS) is 21.1. The Balaban J connectivity index is 1.53. The van der Waals surface area contributed by atoms with Crippen LogP contribution in [0.25, 0.3) is 0 Å². The molecule has 0 amide bonds. The predicted molar refractivity (Wildman–Crippen MR) is 103 cm³/mol. The summed E-state index contributed by atoms with van der Waals surface area (Å²) in [6, 6.07) is 8.83. The quantitative estimate of drug-likeness (QED) is 0.656.